The number of piperazine rings is 1. The Morgan fingerprint density at radius 2 is 1.50 bits per heavy atom. The Balaban J connectivity index is 1.22. The molecule has 2 aromatic carbocycles. The number of hydrogen-bond donors (Lipinski definition) is 1. The number of pyridine rings is 1. The molecule has 1 atom stereocenters. The Labute approximate surface area is 246 Å². The molecular formula is C33H37N5O4. The van der Waals surface area contributed by atoms with Gasteiger partial charge in [0.15, 0.2) is 0 Å². The number of hydrogen-bond acceptors (Lipinski definition) is 7. The van der Waals surface area contributed by atoms with Crippen LogP contribution in [0.2, 0.25) is 0 Å². The van der Waals surface area contributed by atoms with Gasteiger partial charge in [0.05, 0.1) is 31.5 Å². The molecular weight excluding hydrogens is 530 g/mol. The molecule has 2 N–H and O–H groups in total. The van der Waals surface area contributed by atoms with E-state index in [1.54, 1.807) is 26.4 Å². The maximum absolute atomic E-state index is 13.1. The number of rotatable bonds is 10. The van der Waals surface area contributed by atoms with Crippen molar-refractivity contribution in [1.29, 1.82) is 0 Å². The minimum Gasteiger partial charge on any atom is -0.497 e. The van der Waals surface area contributed by atoms with E-state index < -0.39 is 5.91 Å². The molecule has 218 valence electrons. The van der Waals surface area contributed by atoms with Crippen molar-refractivity contribution in [3.63, 3.8) is 0 Å². The number of allylic oxidation sites excluding steroid dienone is 1. The summed E-state index contributed by atoms with van der Waals surface area (Å²) in [6, 6.07) is 19.6. The minimum atomic E-state index is -0.494. The molecule has 1 saturated heterocycles. The van der Waals surface area contributed by atoms with Crippen LogP contribution in [0.4, 0.5) is 5.82 Å². The molecule has 2 aliphatic heterocycles. The van der Waals surface area contributed by atoms with Crippen molar-refractivity contribution in [2.45, 2.75) is 32.2 Å². The number of nitrogens with two attached hydrogens (primary N) is 1. The van der Waals surface area contributed by atoms with Crippen LogP contribution >= 0.6 is 0 Å². The van der Waals surface area contributed by atoms with Crippen molar-refractivity contribution < 1.29 is 19.1 Å². The zero-order chi connectivity index (χ0) is 29.6. The predicted molar refractivity (Wildman–Crippen MR) is 164 cm³/mol. The lowest BCUT2D eigenvalue weighted by Crippen LogP contribution is -2.49. The van der Waals surface area contributed by atoms with Crippen molar-refractivity contribution in [2.75, 3.05) is 45.3 Å². The molecule has 9 nitrogen and oxygen atoms in total. The second kappa shape index (κ2) is 12.9. The first-order valence-corrected chi connectivity index (χ1v) is 14.2. The number of benzene rings is 2. The average Bonchev–Trinajstić information content (AvgIpc) is 3.36. The van der Waals surface area contributed by atoms with Gasteiger partial charge in [-0.3, -0.25) is 14.6 Å². The molecule has 5 rings (SSSR count). The monoisotopic (exact) mass is 567 g/mol. The smallest absolute Gasteiger partial charge is 0.250 e. The lowest BCUT2D eigenvalue weighted by Gasteiger charge is -2.35. The number of nitrogens with zero attached hydrogens (tertiary/aromatic N) is 4. The largest absolute Gasteiger partial charge is 0.497 e. The maximum Gasteiger partial charge on any atom is 0.250 e. The number of amides is 2. The van der Waals surface area contributed by atoms with Crippen LogP contribution in [0, 0.1) is 0 Å². The van der Waals surface area contributed by atoms with Gasteiger partial charge < -0.3 is 25.0 Å². The van der Waals surface area contributed by atoms with Crippen LogP contribution in [0.3, 0.4) is 0 Å². The highest BCUT2D eigenvalue weighted by molar-refractivity contribution is 6.19. The number of methoxy groups -OCH3 is 2. The molecule has 0 aliphatic carbocycles. The molecule has 2 amide bonds. The highest BCUT2D eigenvalue weighted by Gasteiger charge is 2.28. The van der Waals surface area contributed by atoms with Crippen LogP contribution in [0.15, 0.2) is 77.4 Å². The van der Waals surface area contributed by atoms with Crippen molar-refractivity contribution >= 4 is 28.9 Å². The molecule has 1 unspecified atom stereocenters. The first kappa shape index (κ1) is 28.9. The van der Waals surface area contributed by atoms with Gasteiger partial charge in [-0.05, 0) is 85.0 Å². The molecule has 0 saturated carbocycles. The van der Waals surface area contributed by atoms with Gasteiger partial charge in [0.25, 0.3) is 0 Å². The summed E-state index contributed by atoms with van der Waals surface area (Å²) < 4.78 is 10.7. The van der Waals surface area contributed by atoms with E-state index >= 15 is 0 Å². The molecule has 3 heterocycles. The van der Waals surface area contributed by atoms with E-state index in [0.717, 1.165) is 52.6 Å². The van der Waals surface area contributed by atoms with E-state index in [9.17, 15) is 9.59 Å². The van der Waals surface area contributed by atoms with Gasteiger partial charge in [0, 0.05) is 44.4 Å². The lowest BCUT2D eigenvalue weighted by molar-refractivity contribution is -0.131. The summed E-state index contributed by atoms with van der Waals surface area (Å²) >= 11 is 0. The second-order valence-electron chi connectivity index (χ2n) is 10.5. The zero-order valence-corrected chi connectivity index (χ0v) is 24.4. The fourth-order valence-electron chi connectivity index (χ4n) is 5.63. The van der Waals surface area contributed by atoms with Crippen LogP contribution in [0.5, 0.6) is 11.5 Å². The molecule has 2 aliphatic rings. The van der Waals surface area contributed by atoms with Gasteiger partial charge in [-0.25, -0.2) is 4.98 Å². The first-order valence-electron chi connectivity index (χ1n) is 14.2. The average molecular weight is 568 g/mol. The first-order chi connectivity index (χ1) is 20.4. The summed E-state index contributed by atoms with van der Waals surface area (Å²) in [6.45, 7) is 4.78. The van der Waals surface area contributed by atoms with Crippen LogP contribution < -0.4 is 20.1 Å². The van der Waals surface area contributed by atoms with E-state index in [2.05, 4.69) is 28.9 Å². The third kappa shape index (κ3) is 6.30. The summed E-state index contributed by atoms with van der Waals surface area (Å²) in [4.78, 5) is 38.0. The number of carbonyl (C=O) groups is 2. The summed E-state index contributed by atoms with van der Waals surface area (Å²) in [5.74, 6) is 2.07. The Morgan fingerprint density at radius 1 is 0.881 bits per heavy atom. The maximum atomic E-state index is 13.1. The molecule has 0 spiro atoms. The third-order valence-electron chi connectivity index (χ3n) is 8.00. The highest BCUT2D eigenvalue weighted by Crippen LogP contribution is 2.36. The predicted octanol–water partition coefficient (Wildman–Crippen LogP) is 4.36. The van der Waals surface area contributed by atoms with Gasteiger partial charge in [0.1, 0.15) is 17.3 Å². The van der Waals surface area contributed by atoms with Crippen molar-refractivity contribution in [3.05, 3.63) is 89.1 Å². The SMILES string of the molecule is COc1ccc(C2=NC(CCCC(=O)N3CCN(c4ccc(C(N)=O)cn4)CC3)C(c3ccc(OC)cc3)=C2C)cc1. The molecule has 9 heteroatoms. The third-order valence-corrected chi connectivity index (χ3v) is 8.00. The normalized spacial score (nSPS) is 16.8. The second-order valence-corrected chi connectivity index (χ2v) is 10.5. The number of aliphatic imine (C=N–C) groups is 1. The van der Waals surface area contributed by atoms with Gasteiger partial charge in [-0.1, -0.05) is 12.1 Å². The molecule has 42 heavy (non-hydrogen) atoms. The summed E-state index contributed by atoms with van der Waals surface area (Å²) in [7, 11) is 3.33. The van der Waals surface area contributed by atoms with Gasteiger partial charge in [0.2, 0.25) is 11.8 Å². The van der Waals surface area contributed by atoms with Crippen molar-refractivity contribution in [1.82, 2.24) is 9.88 Å². The lowest BCUT2D eigenvalue weighted by atomic mass is 9.91. The molecule has 0 bridgehead atoms. The zero-order valence-electron chi connectivity index (χ0n) is 24.4. The van der Waals surface area contributed by atoms with Gasteiger partial charge in [-0.15, -0.1) is 0 Å². The van der Waals surface area contributed by atoms with Crippen LogP contribution in [0.25, 0.3) is 5.57 Å². The topological polar surface area (TPSA) is 110 Å². The van der Waals surface area contributed by atoms with E-state index in [1.807, 2.05) is 41.3 Å². The van der Waals surface area contributed by atoms with E-state index in [0.29, 0.717) is 38.2 Å². The quantitative estimate of drug-likeness (QED) is 0.390. The van der Waals surface area contributed by atoms with Crippen molar-refractivity contribution in [2.24, 2.45) is 10.7 Å². The van der Waals surface area contributed by atoms with Crippen LogP contribution in [-0.2, 0) is 4.79 Å². The Kier molecular flexibility index (Phi) is 8.85. The van der Waals surface area contributed by atoms with E-state index in [4.69, 9.17) is 20.2 Å². The Hall–Kier alpha value is -4.66. The number of primary amides is 1. The van der Waals surface area contributed by atoms with Crippen LogP contribution in [-0.4, -0.2) is 73.9 Å². The van der Waals surface area contributed by atoms with E-state index in [-0.39, 0.29) is 11.9 Å². The fourth-order valence-corrected chi connectivity index (χ4v) is 5.63. The van der Waals surface area contributed by atoms with Gasteiger partial charge in [-0.2, -0.15) is 0 Å². The van der Waals surface area contributed by atoms with Crippen molar-refractivity contribution in [3.8, 4) is 11.5 Å². The number of ether oxygens (including phenoxy) is 2. The van der Waals surface area contributed by atoms with Gasteiger partial charge >= 0.3 is 0 Å². The van der Waals surface area contributed by atoms with E-state index in [1.165, 1.54) is 11.8 Å². The highest BCUT2D eigenvalue weighted by atomic mass is 16.5. The molecule has 0 radical (unpaired) electrons. The molecule has 3 aromatic rings. The minimum absolute atomic E-state index is 0.0328. The summed E-state index contributed by atoms with van der Waals surface area (Å²) in [5, 5.41) is 0. The number of anilines is 1. The number of aromatic nitrogens is 1. The van der Waals surface area contributed by atoms with Crippen LogP contribution in [0.1, 0.15) is 47.7 Å². The standard InChI is InChI=1S/C33H37N5O4/c1-22-31(23-7-12-26(41-2)13-8-23)28(36-32(22)24-9-14-27(42-3)15-10-24)5-4-6-30(39)38-19-17-37(18-20-38)29-16-11-25(21-35-29)33(34)40/h7-16,21,28H,4-6,17-20H2,1-3H3,(H2,34,40). The Bertz CT molecular complexity index is 1470. The molecule has 1 fully saturated rings. The fraction of sp³-hybridized carbons (Fsp3) is 0.333. The molecule has 1 aromatic heterocycles. The Morgan fingerprint density at radius 3 is 2.05 bits per heavy atom. The number of carbonyl (C=O) groups excluding carboxylic acids is 2. The summed E-state index contributed by atoms with van der Waals surface area (Å²) in [6.07, 6.45) is 3.49. The summed E-state index contributed by atoms with van der Waals surface area (Å²) in [5.41, 5.74) is 11.2.